The maximum Gasteiger partial charge on any atom is 0.279 e. The van der Waals surface area contributed by atoms with Crippen LogP contribution in [0.15, 0.2) is 47.3 Å². The molecule has 0 atom stereocenters. The van der Waals surface area contributed by atoms with Gasteiger partial charge in [-0.1, -0.05) is 30.3 Å². The topological polar surface area (TPSA) is 41.4 Å². The van der Waals surface area contributed by atoms with E-state index in [4.69, 9.17) is 0 Å². The van der Waals surface area contributed by atoms with Crippen LogP contribution < -0.4 is 10.5 Å². The van der Waals surface area contributed by atoms with Crippen LogP contribution in [-0.2, 0) is 32.6 Å². The number of benzene rings is 2. The lowest BCUT2D eigenvalue weighted by Crippen LogP contribution is -2.37. The molecule has 2 aliphatic rings. The smallest absolute Gasteiger partial charge is 0.279 e. The first kappa shape index (κ1) is 19.9. The second kappa shape index (κ2) is 7.89. The van der Waals surface area contributed by atoms with Gasteiger partial charge in [0.15, 0.2) is 0 Å². The number of aromatic nitrogens is 2. The molecule has 0 saturated carbocycles. The zero-order valence-corrected chi connectivity index (χ0v) is 17.4. The number of fused-ring (bicyclic) bond motifs is 3. The number of halogens is 2. The fourth-order valence-corrected chi connectivity index (χ4v) is 4.60. The number of hydrogen-bond acceptors (Lipinski definition) is 4. The summed E-state index contributed by atoms with van der Waals surface area (Å²) in [7, 11) is 0. The van der Waals surface area contributed by atoms with Gasteiger partial charge in [0.05, 0.1) is 5.56 Å². The highest BCUT2D eigenvalue weighted by molar-refractivity contribution is 5.42. The van der Waals surface area contributed by atoms with E-state index in [-0.39, 0.29) is 5.56 Å². The van der Waals surface area contributed by atoms with Crippen LogP contribution in [0.5, 0.6) is 0 Å². The maximum absolute atomic E-state index is 14.1. The van der Waals surface area contributed by atoms with Crippen molar-refractivity contribution in [2.45, 2.75) is 39.5 Å². The van der Waals surface area contributed by atoms with Gasteiger partial charge in [0.2, 0.25) is 5.95 Å². The summed E-state index contributed by atoms with van der Waals surface area (Å²) in [5.41, 5.74) is 4.42. The number of nitrogens with zero attached hydrogens (tertiary/aromatic N) is 4. The molecule has 7 heteroatoms. The van der Waals surface area contributed by atoms with Gasteiger partial charge >= 0.3 is 0 Å². The Hall–Kier alpha value is -3.06. The molecule has 0 aliphatic carbocycles. The lowest BCUT2D eigenvalue weighted by Gasteiger charge is -2.30. The van der Waals surface area contributed by atoms with Crippen LogP contribution in [0.25, 0.3) is 0 Å². The molecule has 0 N–H and O–H groups in total. The average molecular weight is 422 g/mol. The maximum atomic E-state index is 14.1. The van der Waals surface area contributed by atoms with Crippen LogP contribution in [0.1, 0.15) is 27.9 Å². The lowest BCUT2D eigenvalue weighted by molar-refractivity contribution is 0.236. The molecule has 0 saturated heterocycles. The van der Waals surface area contributed by atoms with Crippen LogP contribution in [0.4, 0.5) is 14.7 Å². The largest absolute Gasteiger partial charge is 0.336 e. The molecule has 1 aromatic heterocycles. The summed E-state index contributed by atoms with van der Waals surface area (Å²) in [5.74, 6) is -0.398. The van der Waals surface area contributed by atoms with Gasteiger partial charge in [-0.15, -0.1) is 0 Å². The Labute approximate surface area is 179 Å². The molecule has 0 radical (unpaired) electrons. The number of rotatable bonds is 4. The molecule has 0 unspecified atom stereocenters. The van der Waals surface area contributed by atoms with Crippen molar-refractivity contribution in [3.8, 4) is 0 Å². The average Bonchev–Trinajstić information content (AvgIpc) is 3.14. The molecule has 0 bridgehead atoms. The van der Waals surface area contributed by atoms with Crippen molar-refractivity contribution in [2.24, 2.45) is 0 Å². The summed E-state index contributed by atoms with van der Waals surface area (Å²) in [5, 5.41) is 0. The second-order valence-corrected chi connectivity index (χ2v) is 8.34. The minimum absolute atomic E-state index is 0.206. The summed E-state index contributed by atoms with van der Waals surface area (Å²) >= 11 is 0. The fourth-order valence-electron chi connectivity index (χ4n) is 4.60. The van der Waals surface area contributed by atoms with Crippen molar-refractivity contribution >= 4 is 5.95 Å². The number of aryl methyl sites for hydroxylation is 1. The van der Waals surface area contributed by atoms with E-state index in [0.717, 1.165) is 37.3 Å². The van der Waals surface area contributed by atoms with Gasteiger partial charge in [-0.2, -0.15) is 4.98 Å². The van der Waals surface area contributed by atoms with Crippen molar-refractivity contribution in [3.05, 3.63) is 92.4 Å². The Morgan fingerprint density at radius 1 is 1.00 bits per heavy atom. The molecule has 2 aromatic carbocycles. The van der Waals surface area contributed by atoms with Crippen LogP contribution in [0.3, 0.4) is 0 Å². The van der Waals surface area contributed by atoms with Crippen LogP contribution in [-0.4, -0.2) is 27.5 Å². The molecule has 160 valence electrons. The Kier molecular flexibility index (Phi) is 5.06. The van der Waals surface area contributed by atoms with E-state index in [1.807, 2.05) is 17.0 Å². The molecule has 5 nitrogen and oxygen atoms in total. The highest BCUT2D eigenvalue weighted by Crippen LogP contribution is 2.27. The summed E-state index contributed by atoms with van der Waals surface area (Å²) < 4.78 is 29.4. The highest BCUT2D eigenvalue weighted by atomic mass is 19.1. The van der Waals surface area contributed by atoms with E-state index >= 15 is 0 Å². The van der Waals surface area contributed by atoms with E-state index < -0.39 is 11.6 Å². The molecule has 0 fully saturated rings. The zero-order valence-electron chi connectivity index (χ0n) is 17.4. The number of hydrogen-bond donors (Lipinski definition) is 0. The predicted molar refractivity (Wildman–Crippen MR) is 115 cm³/mol. The first-order chi connectivity index (χ1) is 15.0. The summed E-state index contributed by atoms with van der Waals surface area (Å²) in [6, 6.07) is 11.9. The molecule has 2 aliphatic heterocycles. The molecular weight excluding hydrogens is 398 g/mol. The van der Waals surface area contributed by atoms with Crippen molar-refractivity contribution in [3.63, 3.8) is 0 Å². The molecule has 0 spiro atoms. The Morgan fingerprint density at radius 3 is 2.65 bits per heavy atom. The van der Waals surface area contributed by atoms with Crippen molar-refractivity contribution in [1.29, 1.82) is 0 Å². The third kappa shape index (κ3) is 3.74. The predicted octanol–water partition coefficient (Wildman–Crippen LogP) is 3.41. The highest BCUT2D eigenvalue weighted by Gasteiger charge is 2.29. The van der Waals surface area contributed by atoms with Crippen LogP contribution in [0, 0.1) is 18.6 Å². The summed E-state index contributed by atoms with van der Waals surface area (Å²) in [6.45, 7) is 5.93. The standard InChI is InChI=1S/C24H24F2N4O/c1-16-4-2-3-5-17(16)14-29-10-11-30-22-8-9-28(15-20(22)23(31)27-24(29)30)13-18-6-7-19(25)12-21(18)26/h2-7,12H,8-11,13-15H2,1H3. The normalized spacial score (nSPS) is 15.8. The first-order valence-corrected chi connectivity index (χ1v) is 10.6. The Bertz CT molecular complexity index is 1210. The van der Waals surface area contributed by atoms with Gasteiger partial charge in [-0.25, -0.2) is 8.78 Å². The van der Waals surface area contributed by atoms with E-state index in [9.17, 15) is 13.6 Å². The van der Waals surface area contributed by atoms with Gasteiger partial charge in [-0.3, -0.25) is 9.69 Å². The SMILES string of the molecule is Cc1ccccc1CN1CCn2c1nc(=O)c1c2CCN(Cc2ccc(F)cc2F)C1. The Morgan fingerprint density at radius 2 is 1.84 bits per heavy atom. The van der Waals surface area contributed by atoms with E-state index in [1.54, 1.807) is 0 Å². The molecule has 3 aromatic rings. The zero-order chi connectivity index (χ0) is 21.5. The molecule has 3 heterocycles. The van der Waals surface area contributed by atoms with Crippen molar-refractivity contribution in [2.75, 3.05) is 18.0 Å². The third-order valence-corrected chi connectivity index (χ3v) is 6.33. The second-order valence-electron chi connectivity index (χ2n) is 8.34. The molecule has 5 rings (SSSR count). The fraction of sp³-hybridized carbons (Fsp3) is 0.333. The van der Waals surface area contributed by atoms with Gasteiger partial charge in [-0.05, 0) is 24.1 Å². The quantitative estimate of drug-likeness (QED) is 0.646. The van der Waals surface area contributed by atoms with Crippen molar-refractivity contribution in [1.82, 2.24) is 14.5 Å². The first-order valence-electron chi connectivity index (χ1n) is 10.6. The van der Waals surface area contributed by atoms with Gasteiger partial charge < -0.3 is 9.47 Å². The monoisotopic (exact) mass is 422 g/mol. The number of anilines is 1. The van der Waals surface area contributed by atoms with E-state index in [1.165, 1.54) is 23.3 Å². The van der Waals surface area contributed by atoms with Gasteiger partial charge in [0.1, 0.15) is 11.6 Å². The van der Waals surface area contributed by atoms with E-state index in [2.05, 4.69) is 33.5 Å². The van der Waals surface area contributed by atoms with Crippen LogP contribution >= 0.6 is 0 Å². The summed E-state index contributed by atoms with van der Waals surface area (Å²) in [4.78, 5) is 21.5. The molecule has 0 amide bonds. The third-order valence-electron chi connectivity index (χ3n) is 6.33. The molecular formula is C24H24F2N4O. The van der Waals surface area contributed by atoms with Gasteiger partial charge in [0, 0.05) is 63.0 Å². The minimum atomic E-state index is -0.585. The lowest BCUT2D eigenvalue weighted by atomic mass is 10.1. The van der Waals surface area contributed by atoms with Gasteiger partial charge in [0.25, 0.3) is 5.56 Å². The Balaban J connectivity index is 1.39. The minimum Gasteiger partial charge on any atom is -0.336 e. The summed E-state index contributed by atoms with van der Waals surface area (Å²) in [6.07, 6.45) is 0.709. The van der Waals surface area contributed by atoms with Crippen molar-refractivity contribution < 1.29 is 8.78 Å². The van der Waals surface area contributed by atoms with E-state index in [0.29, 0.717) is 37.2 Å². The van der Waals surface area contributed by atoms with Crippen LogP contribution in [0.2, 0.25) is 0 Å². The molecule has 31 heavy (non-hydrogen) atoms.